The highest BCUT2D eigenvalue weighted by molar-refractivity contribution is 7.27. The number of benzene rings is 13. The van der Waals surface area contributed by atoms with E-state index in [1.165, 1.54) is 130 Å². The molecule has 0 fully saturated rings. The number of rotatable bonds is 6. The number of hydrogen-bond acceptors (Lipinski definition) is 2. The van der Waals surface area contributed by atoms with Crippen LogP contribution < -0.4 is 4.90 Å². The van der Waals surface area contributed by atoms with Crippen LogP contribution >= 0.6 is 11.3 Å². The van der Waals surface area contributed by atoms with Gasteiger partial charge in [0.2, 0.25) is 0 Å². The zero-order chi connectivity index (χ0) is 48.4. The van der Waals surface area contributed by atoms with Crippen LogP contribution in [0.25, 0.3) is 119 Å². The van der Waals surface area contributed by atoms with Crippen molar-refractivity contribution in [2.75, 3.05) is 4.90 Å². The van der Waals surface area contributed by atoms with Crippen LogP contribution in [-0.2, 0) is 5.41 Å². The summed E-state index contributed by atoms with van der Waals surface area (Å²) in [6.07, 6.45) is 0. The SMILES string of the molecule is CC1(C)c2ccccc2-c2ccc(N(c3ccc(-c4ccc5ccccc5c4)cc3)c3cc4c5ccccc5c5ccccc5c4cc3-c3cccc4c3sc3c5ccc(-c6ccccc6)cc5ccc43)cc21. The molecule has 1 aliphatic carbocycles. The minimum Gasteiger partial charge on any atom is -0.310 e. The molecule has 2 heteroatoms. The second-order valence-electron chi connectivity index (χ2n) is 20.4. The fourth-order valence-electron chi connectivity index (χ4n) is 12.4. The fourth-order valence-corrected chi connectivity index (χ4v) is 13.7. The first-order valence-corrected chi connectivity index (χ1v) is 26.2. The lowest BCUT2D eigenvalue weighted by Crippen LogP contribution is -2.17. The Morgan fingerprint density at radius 3 is 1.60 bits per heavy atom. The number of nitrogens with zero attached hydrogens (tertiary/aromatic N) is 1. The topological polar surface area (TPSA) is 3.24 Å². The molecule has 1 heterocycles. The monoisotopic (exact) mass is 945 g/mol. The average molecular weight is 946 g/mol. The second kappa shape index (κ2) is 16.1. The van der Waals surface area contributed by atoms with Crippen molar-refractivity contribution in [3.8, 4) is 44.5 Å². The molecule has 0 atom stereocenters. The number of thiophene rings is 1. The van der Waals surface area contributed by atoms with Gasteiger partial charge in [0.15, 0.2) is 0 Å². The minimum atomic E-state index is -0.178. The van der Waals surface area contributed by atoms with Crippen molar-refractivity contribution < 1.29 is 0 Å². The summed E-state index contributed by atoms with van der Waals surface area (Å²) in [5, 5.41) is 15.2. The van der Waals surface area contributed by atoms with Gasteiger partial charge in [-0.1, -0.05) is 214 Å². The second-order valence-corrected chi connectivity index (χ2v) is 21.4. The van der Waals surface area contributed by atoms with Crippen LogP contribution in [0.4, 0.5) is 17.1 Å². The Labute approximate surface area is 428 Å². The van der Waals surface area contributed by atoms with E-state index in [0.29, 0.717) is 0 Å². The molecule has 0 bridgehead atoms. The predicted octanol–water partition coefficient (Wildman–Crippen LogP) is 20.6. The quantitative estimate of drug-likeness (QED) is 0.150. The van der Waals surface area contributed by atoms with Crippen molar-refractivity contribution in [1.29, 1.82) is 0 Å². The number of hydrogen-bond donors (Lipinski definition) is 0. The summed E-state index contributed by atoms with van der Waals surface area (Å²) in [6, 6.07) is 93.2. The van der Waals surface area contributed by atoms with Crippen LogP contribution in [0, 0.1) is 0 Å². The molecule has 0 saturated heterocycles. The van der Waals surface area contributed by atoms with E-state index in [0.717, 1.165) is 17.1 Å². The molecule has 13 aromatic carbocycles. The molecule has 0 saturated carbocycles. The van der Waals surface area contributed by atoms with Gasteiger partial charge in [-0.25, -0.2) is 0 Å². The van der Waals surface area contributed by atoms with Crippen LogP contribution in [0.5, 0.6) is 0 Å². The largest absolute Gasteiger partial charge is 0.310 e. The third-order valence-electron chi connectivity index (χ3n) is 16.0. The van der Waals surface area contributed by atoms with Crippen molar-refractivity contribution in [3.63, 3.8) is 0 Å². The van der Waals surface area contributed by atoms with E-state index in [4.69, 9.17) is 0 Å². The lowest BCUT2D eigenvalue weighted by atomic mass is 9.82. The van der Waals surface area contributed by atoms with Gasteiger partial charge in [0.05, 0.1) is 5.69 Å². The maximum absolute atomic E-state index is 2.55. The van der Waals surface area contributed by atoms with E-state index in [-0.39, 0.29) is 5.41 Å². The molecule has 1 aliphatic rings. The van der Waals surface area contributed by atoms with Crippen LogP contribution in [0.2, 0.25) is 0 Å². The summed E-state index contributed by atoms with van der Waals surface area (Å²) in [4.78, 5) is 2.55. The summed E-state index contributed by atoms with van der Waals surface area (Å²) in [5.74, 6) is 0. The molecule has 15 rings (SSSR count). The van der Waals surface area contributed by atoms with Gasteiger partial charge in [-0.05, 0) is 147 Å². The van der Waals surface area contributed by atoms with Crippen LogP contribution in [-0.4, -0.2) is 0 Å². The molecule has 0 N–H and O–H groups in total. The summed E-state index contributed by atoms with van der Waals surface area (Å²) < 4.78 is 2.61. The Hall–Kier alpha value is -8.82. The third-order valence-corrected chi connectivity index (χ3v) is 17.3. The van der Waals surface area contributed by atoms with Crippen molar-refractivity contribution in [2.45, 2.75) is 19.3 Å². The molecular weight excluding hydrogens is 899 g/mol. The Kier molecular flexibility index (Phi) is 9.24. The van der Waals surface area contributed by atoms with Crippen molar-refractivity contribution in [1.82, 2.24) is 0 Å². The summed E-state index contributed by atoms with van der Waals surface area (Å²) in [5.41, 5.74) is 15.8. The van der Waals surface area contributed by atoms with Gasteiger partial charge in [0, 0.05) is 48.1 Å². The van der Waals surface area contributed by atoms with Gasteiger partial charge in [-0.3, -0.25) is 0 Å². The smallest absolute Gasteiger partial charge is 0.0547 e. The van der Waals surface area contributed by atoms with Crippen molar-refractivity contribution in [2.24, 2.45) is 0 Å². The maximum Gasteiger partial charge on any atom is 0.0547 e. The van der Waals surface area contributed by atoms with Crippen molar-refractivity contribution in [3.05, 3.63) is 260 Å². The van der Waals surface area contributed by atoms with Gasteiger partial charge >= 0.3 is 0 Å². The molecule has 0 amide bonds. The standard InChI is InChI=1S/C71H47NS/c1-71(2)66-26-13-12-23-58(66)59-38-35-52(41-67(59)71)72(51-33-29-46(30-34-51)48-28-27-45-17-6-7-18-47(45)39-48)68-43-64-57-22-11-9-20-55(57)54-19-8-10-21-56(54)63(64)42-65(68)61-25-14-24-60-62-37-32-50-40-49(44-15-4-3-5-16-44)31-36-53(50)69(62)73-70(60)61/h3-43H,1-2H3. The van der Waals surface area contributed by atoms with E-state index in [2.05, 4.69) is 267 Å². The first-order valence-electron chi connectivity index (χ1n) is 25.4. The van der Waals surface area contributed by atoms with Gasteiger partial charge < -0.3 is 4.90 Å². The first kappa shape index (κ1) is 41.9. The first-order chi connectivity index (χ1) is 35.9. The summed E-state index contributed by atoms with van der Waals surface area (Å²) >= 11 is 1.93. The molecule has 73 heavy (non-hydrogen) atoms. The lowest BCUT2D eigenvalue weighted by Gasteiger charge is -2.31. The highest BCUT2D eigenvalue weighted by atomic mass is 32.1. The molecule has 0 spiro atoms. The Balaban J connectivity index is 1.01. The Morgan fingerprint density at radius 2 is 0.822 bits per heavy atom. The maximum atomic E-state index is 2.55. The molecule has 0 unspecified atom stereocenters. The zero-order valence-electron chi connectivity index (χ0n) is 40.5. The van der Waals surface area contributed by atoms with Crippen LogP contribution in [0.1, 0.15) is 25.0 Å². The minimum absolute atomic E-state index is 0.178. The van der Waals surface area contributed by atoms with Gasteiger partial charge in [-0.15, -0.1) is 11.3 Å². The molecule has 1 aromatic heterocycles. The summed E-state index contributed by atoms with van der Waals surface area (Å²) in [6.45, 7) is 4.77. The summed E-state index contributed by atoms with van der Waals surface area (Å²) in [7, 11) is 0. The Morgan fingerprint density at radius 1 is 0.288 bits per heavy atom. The normalized spacial score (nSPS) is 12.9. The molecule has 0 radical (unpaired) electrons. The van der Waals surface area contributed by atoms with Crippen LogP contribution in [0.15, 0.2) is 249 Å². The van der Waals surface area contributed by atoms with E-state index < -0.39 is 0 Å². The number of anilines is 3. The highest BCUT2D eigenvalue weighted by Gasteiger charge is 2.36. The van der Waals surface area contributed by atoms with E-state index >= 15 is 0 Å². The van der Waals surface area contributed by atoms with Gasteiger partial charge in [-0.2, -0.15) is 0 Å². The van der Waals surface area contributed by atoms with Crippen LogP contribution in [0.3, 0.4) is 0 Å². The van der Waals surface area contributed by atoms with Gasteiger partial charge in [0.1, 0.15) is 0 Å². The fraction of sp³-hybridized carbons (Fsp3) is 0.0423. The molecule has 14 aromatic rings. The molecular formula is C71H47NS. The number of fused-ring (bicyclic) bond motifs is 15. The molecule has 0 aliphatic heterocycles. The molecule has 342 valence electrons. The third kappa shape index (κ3) is 6.47. The van der Waals surface area contributed by atoms with E-state index in [9.17, 15) is 0 Å². The Bertz CT molecular complexity index is 4580. The van der Waals surface area contributed by atoms with E-state index in [1.54, 1.807) is 0 Å². The predicted molar refractivity (Wildman–Crippen MR) is 315 cm³/mol. The average Bonchev–Trinajstić information content (AvgIpc) is 3.95. The lowest BCUT2D eigenvalue weighted by molar-refractivity contribution is 0.660. The van der Waals surface area contributed by atoms with Gasteiger partial charge in [0.25, 0.3) is 0 Å². The van der Waals surface area contributed by atoms with Crippen molar-refractivity contribution >= 4 is 102 Å². The highest BCUT2D eigenvalue weighted by Crippen LogP contribution is 2.54. The van der Waals surface area contributed by atoms with E-state index in [1.807, 2.05) is 11.3 Å². The zero-order valence-corrected chi connectivity index (χ0v) is 41.3. The molecule has 1 nitrogen and oxygen atoms in total.